The van der Waals surface area contributed by atoms with Gasteiger partial charge in [0.15, 0.2) is 5.78 Å². The monoisotopic (exact) mass is 407 g/mol. The van der Waals surface area contributed by atoms with E-state index in [1.54, 1.807) is 12.1 Å². The van der Waals surface area contributed by atoms with Crippen molar-refractivity contribution in [2.45, 2.75) is 25.1 Å². The van der Waals surface area contributed by atoms with Gasteiger partial charge in [-0.1, -0.05) is 23.7 Å². The molecule has 2 heterocycles. The SMILES string of the molecule is O=C1CCC2=C1C(c1ccc(Cl)nc1)NC(=O)N2c1cccc(C(F)(F)F)c1. The van der Waals surface area contributed by atoms with Gasteiger partial charge < -0.3 is 5.32 Å². The Hall–Kier alpha value is -2.87. The third-order valence-corrected chi connectivity index (χ3v) is 4.97. The first-order valence-corrected chi connectivity index (χ1v) is 8.79. The lowest BCUT2D eigenvalue weighted by Crippen LogP contribution is -2.47. The Balaban J connectivity index is 1.81. The minimum atomic E-state index is -4.54. The molecule has 28 heavy (non-hydrogen) atoms. The van der Waals surface area contributed by atoms with Crippen molar-refractivity contribution in [3.63, 3.8) is 0 Å². The second-order valence-electron chi connectivity index (χ2n) is 6.46. The molecular weight excluding hydrogens is 395 g/mol. The van der Waals surface area contributed by atoms with Crippen molar-refractivity contribution in [1.82, 2.24) is 10.3 Å². The first-order chi connectivity index (χ1) is 13.3. The van der Waals surface area contributed by atoms with Crippen molar-refractivity contribution >= 4 is 29.1 Å². The Morgan fingerprint density at radius 3 is 2.61 bits per heavy atom. The Labute approximate surface area is 162 Å². The van der Waals surface area contributed by atoms with E-state index in [1.165, 1.54) is 18.3 Å². The summed E-state index contributed by atoms with van der Waals surface area (Å²) in [6, 6.07) is 6.35. The van der Waals surface area contributed by atoms with Crippen LogP contribution >= 0.6 is 11.6 Å². The van der Waals surface area contributed by atoms with Gasteiger partial charge in [0, 0.05) is 23.9 Å². The van der Waals surface area contributed by atoms with Crippen LogP contribution in [0.15, 0.2) is 53.9 Å². The number of Topliss-reactive ketones (excluding diaryl/α,β-unsaturated/α-hetero) is 1. The van der Waals surface area contributed by atoms with E-state index in [0.717, 1.165) is 17.0 Å². The molecule has 0 bridgehead atoms. The van der Waals surface area contributed by atoms with Crippen LogP contribution in [-0.2, 0) is 11.0 Å². The maximum absolute atomic E-state index is 13.1. The summed E-state index contributed by atoms with van der Waals surface area (Å²) in [6.07, 6.45) is -2.62. The molecule has 0 radical (unpaired) electrons. The van der Waals surface area contributed by atoms with Gasteiger partial charge in [-0.2, -0.15) is 13.2 Å². The first-order valence-electron chi connectivity index (χ1n) is 8.41. The van der Waals surface area contributed by atoms with E-state index in [-0.39, 0.29) is 29.5 Å². The van der Waals surface area contributed by atoms with Crippen LogP contribution in [0.1, 0.15) is 30.0 Å². The van der Waals surface area contributed by atoms with E-state index in [1.807, 2.05) is 0 Å². The third-order valence-electron chi connectivity index (χ3n) is 4.74. The highest BCUT2D eigenvalue weighted by Crippen LogP contribution is 2.41. The highest BCUT2D eigenvalue weighted by molar-refractivity contribution is 6.29. The molecule has 1 N–H and O–H groups in total. The van der Waals surface area contributed by atoms with Crippen LogP contribution in [-0.4, -0.2) is 16.8 Å². The van der Waals surface area contributed by atoms with Crippen molar-refractivity contribution in [2.24, 2.45) is 0 Å². The molecule has 0 spiro atoms. The fourth-order valence-electron chi connectivity index (χ4n) is 3.51. The molecular formula is C19H13ClF3N3O2. The van der Waals surface area contributed by atoms with E-state index < -0.39 is 23.8 Å². The number of allylic oxidation sites excluding steroid dienone is 1. The van der Waals surface area contributed by atoms with Gasteiger partial charge in [-0.05, 0) is 36.2 Å². The Morgan fingerprint density at radius 2 is 1.93 bits per heavy atom. The number of carbonyl (C=O) groups excluding carboxylic acids is 2. The van der Waals surface area contributed by atoms with Gasteiger partial charge in [0.05, 0.1) is 17.3 Å². The number of alkyl halides is 3. The summed E-state index contributed by atoms with van der Waals surface area (Å²) in [5, 5.41) is 2.97. The molecule has 2 aliphatic rings. The zero-order valence-corrected chi connectivity index (χ0v) is 15.0. The molecule has 1 unspecified atom stereocenters. The number of nitrogens with one attached hydrogen (secondary N) is 1. The Morgan fingerprint density at radius 1 is 1.14 bits per heavy atom. The molecule has 144 valence electrons. The maximum Gasteiger partial charge on any atom is 0.416 e. The quantitative estimate of drug-likeness (QED) is 0.737. The number of amides is 2. The number of urea groups is 1. The zero-order chi connectivity index (χ0) is 20.1. The topological polar surface area (TPSA) is 62.3 Å². The molecule has 0 saturated heterocycles. The number of benzene rings is 1. The fourth-order valence-corrected chi connectivity index (χ4v) is 3.62. The van der Waals surface area contributed by atoms with E-state index in [2.05, 4.69) is 10.3 Å². The number of hydrogen-bond donors (Lipinski definition) is 1. The van der Waals surface area contributed by atoms with Crippen molar-refractivity contribution in [1.29, 1.82) is 0 Å². The summed E-state index contributed by atoms with van der Waals surface area (Å²) in [4.78, 5) is 30.4. The second-order valence-corrected chi connectivity index (χ2v) is 6.85. The molecule has 1 atom stereocenters. The third kappa shape index (κ3) is 3.13. The van der Waals surface area contributed by atoms with Crippen LogP contribution in [0.25, 0.3) is 0 Å². The minimum Gasteiger partial charge on any atom is -0.326 e. The average molecular weight is 408 g/mol. The van der Waals surface area contributed by atoms with Gasteiger partial charge in [0.1, 0.15) is 5.15 Å². The second kappa shape index (κ2) is 6.63. The number of aromatic nitrogens is 1. The molecule has 1 aromatic heterocycles. The molecule has 1 aromatic carbocycles. The van der Waals surface area contributed by atoms with Crippen molar-refractivity contribution in [3.8, 4) is 0 Å². The average Bonchev–Trinajstić information content (AvgIpc) is 3.03. The van der Waals surface area contributed by atoms with Crippen LogP contribution in [0.3, 0.4) is 0 Å². The van der Waals surface area contributed by atoms with E-state index in [0.29, 0.717) is 16.8 Å². The number of pyridine rings is 1. The van der Waals surface area contributed by atoms with Crippen LogP contribution in [0.5, 0.6) is 0 Å². The first kappa shape index (κ1) is 18.5. The highest BCUT2D eigenvalue weighted by Gasteiger charge is 2.41. The molecule has 0 fully saturated rings. The summed E-state index contributed by atoms with van der Waals surface area (Å²) in [6.45, 7) is 0. The van der Waals surface area contributed by atoms with Gasteiger partial charge in [-0.3, -0.25) is 9.69 Å². The lowest BCUT2D eigenvalue weighted by molar-refractivity contribution is -0.137. The normalized spacial score (nSPS) is 19.7. The van der Waals surface area contributed by atoms with Gasteiger partial charge in [0.2, 0.25) is 0 Å². The summed E-state index contributed by atoms with van der Waals surface area (Å²) in [5.41, 5.74) is 0.536. The fraction of sp³-hybridized carbons (Fsp3) is 0.211. The number of carbonyl (C=O) groups is 2. The number of halogens is 4. The van der Waals surface area contributed by atoms with Crippen LogP contribution < -0.4 is 10.2 Å². The molecule has 0 saturated carbocycles. The smallest absolute Gasteiger partial charge is 0.326 e. The van der Waals surface area contributed by atoms with E-state index in [4.69, 9.17) is 11.6 Å². The molecule has 1 aliphatic heterocycles. The number of hydrogen-bond acceptors (Lipinski definition) is 3. The zero-order valence-electron chi connectivity index (χ0n) is 14.3. The molecule has 2 aromatic rings. The van der Waals surface area contributed by atoms with Gasteiger partial charge in [0.25, 0.3) is 0 Å². The molecule has 1 aliphatic carbocycles. The maximum atomic E-state index is 13.1. The van der Waals surface area contributed by atoms with Gasteiger partial charge >= 0.3 is 12.2 Å². The number of anilines is 1. The molecule has 5 nitrogen and oxygen atoms in total. The van der Waals surface area contributed by atoms with Crippen molar-refractivity contribution in [2.75, 3.05) is 4.90 Å². The summed E-state index contributed by atoms with van der Waals surface area (Å²) in [7, 11) is 0. The Kier molecular flexibility index (Phi) is 4.38. The van der Waals surface area contributed by atoms with Crippen LogP contribution in [0.4, 0.5) is 23.7 Å². The number of rotatable bonds is 2. The van der Waals surface area contributed by atoms with Crippen LogP contribution in [0, 0.1) is 0 Å². The molecule has 9 heteroatoms. The predicted octanol–water partition coefficient (Wildman–Crippen LogP) is 4.64. The summed E-state index contributed by atoms with van der Waals surface area (Å²) < 4.78 is 39.2. The largest absolute Gasteiger partial charge is 0.416 e. The summed E-state index contributed by atoms with van der Waals surface area (Å²) >= 11 is 5.80. The van der Waals surface area contributed by atoms with Gasteiger partial charge in [-0.15, -0.1) is 0 Å². The predicted molar refractivity (Wildman–Crippen MR) is 95.7 cm³/mol. The van der Waals surface area contributed by atoms with Crippen molar-refractivity contribution in [3.05, 3.63) is 70.1 Å². The van der Waals surface area contributed by atoms with Crippen LogP contribution in [0.2, 0.25) is 5.15 Å². The molecule has 2 amide bonds. The number of ketones is 1. The number of nitrogens with zero attached hydrogens (tertiary/aromatic N) is 2. The summed E-state index contributed by atoms with van der Waals surface area (Å²) in [5.74, 6) is -0.160. The van der Waals surface area contributed by atoms with Crippen molar-refractivity contribution < 1.29 is 22.8 Å². The molecule has 4 rings (SSSR count). The lowest BCUT2D eigenvalue weighted by atomic mass is 9.96. The lowest BCUT2D eigenvalue weighted by Gasteiger charge is -2.34. The standard InChI is InChI=1S/C19H13ClF3N3O2/c20-15-7-4-10(9-24-15)17-16-13(5-6-14(16)27)26(18(28)25-17)12-3-1-2-11(8-12)19(21,22)23/h1-4,7-9,17H,5-6H2,(H,25,28). The van der Waals surface area contributed by atoms with E-state index in [9.17, 15) is 22.8 Å². The van der Waals surface area contributed by atoms with Gasteiger partial charge in [-0.25, -0.2) is 9.78 Å². The highest BCUT2D eigenvalue weighted by atomic mass is 35.5. The minimum absolute atomic E-state index is 0.0576. The Bertz CT molecular complexity index is 1000. The van der Waals surface area contributed by atoms with E-state index >= 15 is 0 Å².